The van der Waals surface area contributed by atoms with E-state index in [1.54, 1.807) is 16.3 Å². The molecule has 7 heteroatoms. The number of aromatic carboxylic acids is 1. The second-order valence-corrected chi connectivity index (χ2v) is 9.20. The first kappa shape index (κ1) is 23.1. The van der Waals surface area contributed by atoms with Gasteiger partial charge in [-0.2, -0.15) is 0 Å². The van der Waals surface area contributed by atoms with Crippen molar-refractivity contribution < 1.29 is 14.3 Å². The van der Waals surface area contributed by atoms with Gasteiger partial charge in [-0.25, -0.2) is 9.18 Å². The van der Waals surface area contributed by atoms with Gasteiger partial charge in [0.1, 0.15) is 11.4 Å². The second kappa shape index (κ2) is 10.2. The van der Waals surface area contributed by atoms with Crippen LogP contribution in [0.25, 0.3) is 10.9 Å². The van der Waals surface area contributed by atoms with Gasteiger partial charge in [-0.1, -0.05) is 72.3 Å². The number of carboxylic acids is 1. The fourth-order valence-electron chi connectivity index (χ4n) is 3.80. The average molecular weight is 482 g/mol. The number of aryl methyl sites for hydroxylation is 1. The summed E-state index contributed by atoms with van der Waals surface area (Å²) in [5, 5.41) is 9.50. The Morgan fingerprint density at radius 1 is 1.03 bits per heavy atom. The SMILES string of the molecule is O=C(O)c1cn(CCCSC(c2ccccc2)c2ccccc2)c2cc(Cl)c(F)cc2c1=O. The molecule has 3 aromatic carbocycles. The van der Waals surface area contributed by atoms with E-state index in [-0.39, 0.29) is 21.2 Å². The molecular formula is C26H21ClFNO3S. The van der Waals surface area contributed by atoms with Crippen molar-refractivity contribution in [3.8, 4) is 0 Å². The molecule has 0 unspecified atom stereocenters. The summed E-state index contributed by atoms with van der Waals surface area (Å²) in [5.41, 5.74) is 1.73. The molecule has 0 aliphatic carbocycles. The first-order chi connectivity index (χ1) is 16.0. The van der Waals surface area contributed by atoms with E-state index in [4.69, 9.17) is 11.6 Å². The van der Waals surface area contributed by atoms with Gasteiger partial charge >= 0.3 is 5.97 Å². The molecule has 33 heavy (non-hydrogen) atoms. The quantitative estimate of drug-likeness (QED) is 0.295. The zero-order chi connectivity index (χ0) is 23.4. The lowest BCUT2D eigenvalue weighted by Gasteiger charge is -2.18. The number of hydrogen-bond donors (Lipinski definition) is 1. The summed E-state index contributed by atoms with van der Waals surface area (Å²) in [6.45, 7) is 0.461. The van der Waals surface area contributed by atoms with Gasteiger partial charge in [0.15, 0.2) is 0 Å². The minimum atomic E-state index is -1.34. The Labute approximate surface area is 199 Å². The van der Waals surface area contributed by atoms with Gasteiger partial charge in [-0.15, -0.1) is 11.8 Å². The maximum atomic E-state index is 14.0. The van der Waals surface area contributed by atoms with Gasteiger partial charge < -0.3 is 9.67 Å². The van der Waals surface area contributed by atoms with Crippen LogP contribution in [-0.2, 0) is 6.54 Å². The molecule has 0 fully saturated rings. The normalized spacial score (nSPS) is 11.2. The van der Waals surface area contributed by atoms with E-state index >= 15 is 0 Å². The number of carboxylic acid groups (broad SMARTS) is 1. The van der Waals surface area contributed by atoms with E-state index in [1.165, 1.54) is 23.4 Å². The Hall–Kier alpha value is -3.09. The number of halogens is 2. The summed E-state index contributed by atoms with van der Waals surface area (Å²) in [6.07, 6.45) is 2.03. The standard InChI is InChI=1S/C26H21ClFNO3S/c27-21-15-23-19(14-22(21)28)24(30)20(26(31)32)16-29(23)12-7-13-33-25(17-8-3-1-4-9-17)18-10-5-2-6-11-18/h1-6,8-11,14-16,25H,7,12-13H2,(H,31,32). The summed E-state index contributed by atoms with van der Waals surface area (Å²) < 4.78 is 15.7. The molecule has 0 aliphatic heterocycles. The first-order valence-corrected chi connectivity index (χ1v) is 11.9. The lowest BCUT2D eigenvalue weighted by Crippen LogP contribution is -2.19. The topological polar surface area (TPSA) is 59.3 Å². The summed E-state index contributed by atoms with van der Waals surface area (Å²) >= 11 is 7.74. The largest absolute Gasteiger partial charge is 0.477 e. The molecule has 1 heterocycles. The van der Waals surface area contributed by atoms with E-state index in [2.05, 4.69) is 24.3 Å². The summed E-state index contributed by atoms with van der Waals surface area (Å²) in [7, 11) is 0. The van der Waals surface area contributed by atoms with Gasteiger partial charge in [0.2, 0.25) is 5.43 Å². The molecule has 0 atom stereocenters. The molecule has 0 bridgehead atoms. The Bertz CT molecular complexity index is 1300. The van der Waals surface area contributed by atoms with Gasteiger partial charge in [0.05, 0.1) is 15.8 Å². The molecular weight excluding hydrogens is 461 g/mol. The molecule has 0 aliphatic rings. The van der Waals surface area contributed by atoms with Crippen LogP contribution in [0.4, 0.5) is 4.39 Å². The lowest BCUT2D eigenvalue weighted by atomic mass is 10.0. The van der Waals surface area contributed by atoms with Crippen LogP contribution < -0.4 is 5.43 Å². The lowest BCUT2D eigenvalue weighted by molar-refractivity contribution is 0.0695. The van der Waals surface area contributed by atoms with Crippen LogP contribution in [0.3, 0.4) is 0 Å². The molecule has 0 radical (unpaired) electrons. The van der Waals surface area contributed by atoms with Crippen molar-refractivity contribution in [3.63, 3.8) is 0 Å². The van der Waals surface area contributed by atoms with Crippen LogP contribution in [0.1, 0.15) is 33.2 Å². The molecule has 0 spiro atoms. The van der Waals surface area contributed by atoms with E-state index in [0.717, 1.165) is 11.8 Å². The predicted octanol–water partition coefficient (Wildman–Crippen LogP) is 6.41. The molecule has 1 N–H and O–H groups in total. The number of rotatable bonds is 8. The van der Waals surface area contributed by atoms with E-state index < -0.39 is 17.2 Å². The summed E-state index contributed by atoms with van der Waals surface area (Å²) in [5.74, 6) is -1.30. The maximum Gasteiger partial charge on any atom is 0.341 e. The van der Waals surface area contributed by atoms with Crippen LogP contribution in [0.5, 0.6) is 0 Å². The van der Waals surface area contributed by atoms with Gasteiger partial charge in [0, 0.05) is 18.1 Å². The fraction of sp³-hybridized carbons (Fsp3) is 0.154. The van der Waals surface area contributed by atoms with Crippen molar-refractivity contribution >= 4 is 40.2 Å². The van der Waals surface area contributed by atoms with E-state index in [1.807, 2.05) is 36.4 Å². The number of nitrogens with zero attached hydrogens (tertiary/aromatic N) is 1. The third kappa shape index (κ3) is 5.13. The second-order valence-electron chi connectivity index (χ2n) is 7.58. The Morgan fingerprint density at radius 3 is 2.21 bits per heavy atom. The van der Waals surface area contributed by atoms with Crippen molar-refractivity contribution in [2.45, 2.75) is 18.2 Å². The predicted molar refractivity (Wildman–Crippen MR) is 132 cm³/mol. The zero-order valence-corrected chi connectivity index (χ0v) is 19.2. The molecule has 4 aromatic rings. The minimum Gasteiger partial charge on any atom is -0.477 e. The van der Waals surface area contributed by atoms with Crippen LogP contribution in [0.15, 0.2) is 83.8 Å². The highest BCUT2D eigenvalue weighted by Crippen LogP contribution is 2.36. The minimum absolute atomic E-state index is 0.0101. The van der Waals surface area contributed by atoms with Crippen LogP contribution >= 0.6 is 23.4 Å². The molecule has 0 amide bonds. The monoisotopic (exact) mass is 481 g/mol. The van der Waals surface area contributed by atoms with E-state index in [9.17, 15) is 19.1 Å². The number of fused-ring (bicyclic) bond motifs is 1. The van der Waals surface area contributed by atoms with Crippen LogP contribution in [0, 0.1) is 5.82 Å². The number of thioether (sulfide) groups is 1. The Kier molecular flexibility index (Phi) is 7.16. The zero-order valence-electron chi connectivity index (χ0n) is 17.6. The highest BCUT2D eigenvalue weighted by molar-refractivity contribution is 7.99. The van der Waals surface area contributed by atoms with Crippen molar-refractivity contribution in [1.29, 1.82) is 0 Å². The molecule has 1 aromatic heterocycles. The number of hydrogen-bond acceptors (Lipinski definition) is 3. The highest BCUT2D eigenvalue weighted by atomic mass is 35.5. The molecule has 0 saturated heterocycles. The third-order valence-corrected chi connectivity index (χ3v) is 7.08. The number of benzene rings is 3. The van der Waals surface area contributed by atoms with Crippen LogP contribution in [-0.4, -0.2) is 21.4 Å². The Balaban J connectivity index is 1.57. The number of aromatic nitrogens is 1. The molecule has 0 saturated carbocycles. The third-order valence-electron chi connectivity index (χ3n) is 5.39. The van der Waals surface area contributed by atoms with Crippen LogP contribution in [0.2, 0.25) is 5.02 Å². The van der Waals surface area contributed by atoms with Gasteiger partial charge in [-0.05, 0) is 35.4 Å². The smallest absolute Gasteiger partial charge is 0.341 e. The summed E-state index contributed by atoms with van der Waals surface area (Å²) in [4.78, 5) is 24.1. The highest BCUT2D eigenvalue weighted by Gasteiger charge is 2.17. The van der Waals surface area contributed by atoms with Crippen molar-refractivity contribution in [1.82, 2.24) is 4.57 Å². The number of carbonyl (C=O) groups is 1. The van der Waals surface area contributed by atoms with Crippen molar-refractivity contribution in [2.75, 3.05) is 5.75 Å². The maximum absolute atomic E-state index is 14.0. The summed E-state index contributed by atoms with van der Waals surface area (Å²) in [6, 6.07) is 22.9. The van der Waals surface area contributed by atoms with E-state index in [0.29, 0.717) is 18.5 Å². The van der Waals surface area contributed by atoms with Crippen molar-refractivity contribution in [2.24, 2.45) is 0 Å². The Morgan fingerprint density at radius 2 is 1.64 bits per heavy atom. The molecule has 168 valence electrons. The van der Waals surface area contributed by atoms with Crippen molar-refractivity contribution in [3.05, 3.63) is 117 Å². The van der Waals surface area contributed by atoms with Gasteiger partial charge in [0.25, 0.3) is 0 Å². The average Bonchev–Trinajstić information content (AvgIpc) is 2.82. The fourth-order valence-corrected chi connectivity index (χ4v) is 5.19. The number of pyridine rings is 1. The molecule has 4 nitrogen and oxygen atoms in total. The molecule has 4 rings (SSSR count). The first-order valence-electron chi connectivity index (χ1n) is 10.4. The van der Waals surface area contributed by atoms with Gasteiger partial charge in [-0.3, -0.25) is 4.79 Å².